The summed E-state index contributed by atoms with van der Waals surface area (Å²) in [4.78, 5) is 17.2. The molecule has 0 saturated heterocycles. The van der Waals surface area contributed by atoms with E-state index in [-0.39, 0.29) is 12.3 Å². The van der Waals surface area contributed by atoms with Gasteiger partial charge in [0, 0.05) is 32.5 Å². The van der Waals surface area contributed by atoms with E-state index in [1.807, 2.05) is 0 Å². The van der Waals surface area contributed by atoms with Gasteiger partial charge >= 0.3 is 0 Å². The van der Waals surface area contributed by atoms with Crippen molar-refractivity contribution in [2.24, 2.45) is 0 Å². The Bertz CT molecular complexity index is 1250. The molecule has 1 N–H and O–H groups in total. The van der Waals surface area contributed by atoms with Crippen LogP contribution in [0.3, 0.4) is 0 Å². The summed E-state index contributed by atoms with van der Waals surface area (Å²) in [5, 5.41) is 7.24. The van der Waals surface area contributed by atoms with Crippen LogP contribution >= 0.6 is 23.2 Å². The molecule has 2 aliphatic carbocycles. The van der Waals surface area contributed by atoms with Crippen LogP contribution in [0.25, 0.3) is 0 Å². The van der Waals surface area contributed by atoms with Crippen LogP contribution in [-0.2, 0) is 27.7 Å². The summed E-state index contributed by atoms with van der Waals surface area (Å²) < 4.78 is 27.8. The number of anilines is 1. The Labute approximate surface area is 209 Å². The van der Waals surface area contributed by atoms with Crippen molar-refractivity contribution in [1.82, 2.24) is 10.1 Å². The van der Waals surface area contributed by atoms with Crippen molar-refractivity contribution in [3.63, 3.8) is 0 Å². The Morgan fingerprint density at radius 3 is 2.44 bits per heavy atom. The molecule has 2 atom stereocenters. The van der Waals surface area contributed by atoms with Crippen molar-refractivity contribution >= 4 is 45.9 Å². The quantitative estimate of drug-likeness (QED) is 0.396. The van der Waals surface area contributed by atoms with Crippen molar-refractivity contribution < 1.29 is 18.1 Å². The number of hydrogen-bond donors (Lipinski definition) is 1. The molecule has 1 aromatic heterocycles. The smallest absolute Gasteiger partial charge is 0.237 e. The Morgan fingerprint density at radius 2 is 1.88 bits per heavy atom. The number of carbonyl (C=O) groups is 1. The zero-order valence-electron chi connectivity index (χ0n) is 18.3. The van der Waals surface area contributed by atoms with Crippen LogP contribution in [0.2, 0.25) is 10.0 Å². The molecule has 0 spiro atoms. The van der Waals surface area contributed by atoms with Gasteiger partial charge in [-0.05, 0) is 66.9 Å². The largest absolute Gasteiger partial charge is 0.772 e. The second-order valence-electron chi connectivity index (χ2n) is 9.00. The molecular weight excluding hydrogens is 497 g/mol. The fraction of sp³-hybridized carbons (Fsp3) is 0.375. The highest BCUT2D eigenvalue weighted by Crippen LogP contribution is 2.57. The lowest BCUT2D eigenvalue weighted by molar-refractivity contribution is -0.115. The van der Waals surface area contributed by atoms with Crippen LogP contribution < -0.4 is 5.32 Å². The molecule has 34 heavy (non-hydrogen) atoms. The van der Waals surface area contributed by atoms with Gasteiger partial charge in [0.15, 0.2) is 5.82 Å². The van der Waals surface area contributed by atoms with Gasteiger partial charge in [-0.2, -0.15) is 4.98 Å². The average molecular weight is 519 g/mol. The average Bonchev–Trinajstić information content (AvgIpc) is 3.73. The number of carbonyl (C=O) groups excluding carboxylic acids is 1. The number of hydrogen-bond acceptors (Lipinski definition) is 6. The van der Waals surface area contributed by atoms with Gasteiger partial charge in [0.1, 0.15) is 0 Å². The monoisotopic (exact) mass is 518 g/mol. The van der Waals surface area contributed by atoms with Gasteiger partial charge in [-0.3, -0.25) is 9.00 Å². The highest BCUT2D eigenvalue weighted by molar-refractivity contribution is 7.79. The van der Waals surface area contributed by atoms with Crippen LogP contribution in [0.5, 0.6) is 0 Å². The van der Waals surface area contributed by atoms with Crippen LogP contribution in [0.15, 0.2) is 40.9 Å². The minimum atomic E-state index is -2.19. The number of aromatic nitrogens is 2. The number of rotatable bonds is 8. The summed E-state index contributed by atoms with van der Waals surface area (Å²) in [5.74, 6) is 1.46. The van der Waals surface area contributed by atoms with E-state index in [0.29, 0.717) is 33.1 Å². The maximum absolute atomic E-state index is 12.6. The second-order valence-corrected chi connectivity index (χ2v) is 11.0. The summed E-state index contributed by atoms with van der Waals surface area (Å²) in [6, 6.07) is 10.3. The van der Waals surface area contributed by atoms with E-state index in [1.54, 1.807) is 43.3 Å². The van der Waals surface area contributed by atoms with Crippen molar-refractivity contribution in [3.05, 3.63) is 74.8 Å². The fourth-order valence-electron chi connectivity index (χ4n) is 4.14. The van der Waals surface area contributed by atoms with E-state index in [0.717, 1.165) is 42.6 Å². The molecule has 0 aliphatic heterocycles. The standard InChI is InChI=1S/C24H23Cl2N3O4S/c1-13(34(31)32)15-4-2-14(3-5-15)10-20(30)27-17-11-18(25)21(19(26)12-17)24(8-9-24)23-28-22(29-33-23)16-6-7-16/h2-5,11-13,16H,6-10H2,1H3,(H,27,30)(H,31,32)/p-1. The van der Waals surface area contributed by atoms with E-state index in [1.165, 1.54) is 0 Å². The number of nitrogens with zero attached hydrogens (tertiary/aromatic N) is 2. The lowest BCUT2D eigenvalue weighted by Gasteiger charge is -2.17. The normalized spacial score (nSPS) is 18.4. The summed E-state index contributed by atoms with van der Waals surface area (Å²) in [5.41, 5.74) is 2.21. The molecule has 5 rings (SSSR count). The van der Waals surface area contributed by atoms with Crippen LogP contribution in [0, 0.1) is 0 Å². The number of nitrogens with one attached hydrogen (secondary N) is 1. The molecule has 178 valence electrons. The van der Waals surface area contributed by atoms with Crippen molar-refractivity contribution in [1.29, 1.82) is 0 Å². The first-order valence-corrected chi connectivity index (χ1v) is 13.0. The third kappa shape index (κ3) is 4.64. The third-order valence-corrected chi connectivity index (χ3v) is 7.90. The molecule has 2 saturated carbocycles. The summed E-state index contributed by atoms with van der Waals surface area (Å²) in [6.45, 7) is 1.61. The second kappa shape index (κ2) is 9.07. The zero-order valence-corrected chi connectivity index (χ0v) is 20.7. The Kier molecular flexibility index (Phi) is 6.27. The van der Waals surface area contributed by atoms with E-state index in [9.17, 15) is 13.6 Å². The lowest BCUT2D eigenvalue weighted by Crippen LogP contribution is -2.16. The first-order chi connectivity index (χ1) is 16.3. The first kappa shape index (κ1) is 23.5. The topological polar surface area (TPSA) is 108 Å². The molecule has 1 heterocycles. The predicted molar refractivity (Wildman–Crippen MR) is 129 cm³/mol. The van der Waals surface area contributed by atoms with Gasteiger partial charge in [0.25, 0.3) is 0 Å². The molecule has 2 aliphatic rings. The van der Waals surface area contributed by atoms with Crippen molar-refractivity contribution in [2.45, 2.75) is 55.6 Å². The molecule has 0 bridgehead atoms. The summed E-state index contributed by atoms with van der Waals surface area (Å²) in [7, 11) is 0. The van der Waals surface area contributed by atoms with Crippen molar-refractivity contribution in [3.8, 4) is 0 Å². The Balaban J connectivity index is 1.29. The lowest BCUT2D eigenvalue weighted by atomic mass is 9.95. The van der Waals surface area contributed by atoms with Crippen LogP contribution in [0.4, 0.5) is 5.69 Å². The van der Waals surface area contributed by atoms with E-state index in [2.05, 4.69) is 15.5 Å². The highest BCUT2D eigenvalue weighted by Gasteiger charge is 2.53. The summed E-state index contributed by atoms with van der Waals surface area (Å²) >= 11 is 11.1. The van der Waals surface area contributed by atoms with Crippen LogP contribution in [0.1, 0.15) is 72.2 Å². The van der Waals surface area contributed by atoms with Gasteiger partial charge in [0.05, 0.1) is 11.8 Å². The number of benzene rings is 2. The van der Waals surface area contributed by atoms with Gasteiger partial charge < -0.3 is 14.4 Å². The van der Waals surface area contributed by atoms with E-state index >= 15 is 0 Å². The molecule has 2 unspecified atom stereocenters. The Morgan fingerprint density at radius 1 is 1.24 bits per heavy atom. The molecule has 2 fully saturated rings. The maximum atomic E-state index is 12.6. The molecule has 0 radical (unpaired) electrons. The zero-order chi connectivity index (χ0) is 24.0. The molecule has 10 heteroatoms. The predicted octanol–water partition coefficient (Wildman–Crippen LogP) is 5.46. The minimum Gasteiger partial charge on any atom is -0.772 e. The number of halogens is 2. The minimum absolute atomic E-state index is 0.127. The molecular formula is C24H22Cl2N3O4S-. The van der Waals surface area contributed by atoms with Gasteiger partial charge in [0.2, 0.25) is 11.8 Å². The van der Waals surface area contributed by atoms with E-state index < -0.39 is 21.7 Å². The third-order valence-electron chi connectivity index (χ3n) is 6.45. The van der Waals surface area contributed by atoms with Crippen LogP contribution in [-0.4, -0.2) is 24.8 Å². The SMILES string of the molecule is CC(c1ccc(CC(=O)Nc2cc(Cl)c(C3(c4nc(C5CC5)no4)CC3)c(Cl)c2)cc1)S(=O)[O-]. The highest BCUT2D eigenvalue weighted by atomic mass is 35.5. The van der Waals surface area contributed by atoms with Gasteiger partial charge in [-0.25, -0.2) is 0 Å². The molecule has 1 amide bonds. The fourth-order valence-corrected chi connectivity index (χ4v) is 5.37. The Hall–Kier alpha value is -2.26. The van der Waals surface area contributed by atoms with Crippen molar-refractivity contribution in [2.75, 3.05) is 5.32 Å². The summed E-state index contributed by atoms with van der Waals surface area (Å²) in [6.07, 6.45) is 3.94. The molecule has 3 aromatic rings. The number of amides is 1. The molecule has 2 aromatic carbocycles. The maximum Gasteiger partial charge on any atom is 0.237 e. The van der Waals surface area contributed by atoms with Gasteiger partial charge in [-0.15, -0.1) is 0 Å². The van der Waals surface area contributed by atoms with Gasteiger partial charge in [-0.1, -0.05) is 52.6 Å². The molecule has 7 nitrogen and oxygen atoms in total. The first-order valence-electron chi connectivity index (χ1n) is 11.1. The van der Waals surface area contributed by atoms with E-state index in [4.69, 9.17) is 27.7 Å².